The fourth-order valence-corrected chi connectivity index (χ4v) is 3.61. The second-order valence-corrected chi connectivity index (χ2v) is 6.95. The highest BCUT2D eigenvalue weighted by atomic mass is 16.5. The molecule has 0 radical (unpaired) electrons. The van der Waals surface area contributed by atoms with Crippen molar-refractivity contribution in [3.05, 3.63) is 77.1 Å². The van der Waals surface area contributed by atoms with Crippen molar-refractivity contribution in [1.29, 1.82) is 0 Å². The molecule has 0 aliphatic carbocycles. The van der Waals surface area contributed by atoms with Gasteiger partial charge in [0.25, 0.3) is 5.91 Å². The van der Waals surface area contributed by atoms with Crippen molar-refractivity contribution in [3.8, 4) is 0 Å². The van der Waals surface area contributed by atoms with Crippen molar-refractivity contribution in [3.63, 3.8) is 0 Å². The molecule has 2 aromatic carbocycles. The molecule has 148 valence electrons. The number of hydrogen-bond acceptors (Lipinski definition) is 6. The lowest BCUT2D eigenvalue weighted by Gasteiger charge is -2.40. The summed E-state index contributed by atoms with van der Waals surface area (Å²) in [6.45, 7) is 0.499. The maximum absolute atomic E-state index is 12.8. The first-order valence-electron chi connectivity index (χ1n) is 9.16. The fraction of sp³-hybridized carbons (Fsp3) is 0.238. The Balaban J connectivity index is 1.56. The zero-order chi connectivity index (χ0) is 20.5. The van der Waals surface area contributed by atoms with Crippen LogP contribution in [-0.4, -0.2) is 53.0 Å². The number of hydrogen-bond donors (Lipinski definition) is 0. The summed E-state index contributed by atoms with van der Waals surface area (Å²) in [5, 5.41) is 8.53. The summed E-state index contributed by atoms with van der Waals surface area (Å²) in [4.78, 5) is 28.0. The monoisotopic (exact) mass is 391 g/mol. The van der Waals surface area contributed by atoms with E-state index in [4.69, 9.17) is 4.74 Å². The number of fused-ring (bicyclic) bond motifs is 1. The normalized spacial score (nSPS) is 16.0. The van der Waals surface area contributed by atoms with Gasteiger partial charge >= 0.3 is 5.97 Å². The van der Waals surface area contributed by atoms with Crippen LogP contribution in [0.4, 0.5) is 5.69 Å². The van der Waals surface area contributed by atoms with Crippen molar-refractivity contribution in [1.82, 2.24) is 19.9 Å². The topological polar surface area (TPSA) is 80.6 Å². The van der Waals surface area contributed by atoms with Gasteiger partial charge in [0, 0.05) is 14.1 Å². The van der Waals surface area contributed by atoms with Crippen molar-refractivity contribution < 1.29 is 14.3 Å². The maximum atomic E-state index is 12.8. The predicted molar refractivity (Wildman–Crippen MR) is 107 cm³/mol. The van der Waals surface area contributed by atoms with Gasteiger partial charge < -0.3 is 14.5 Å². The van der Waals surface area contributed by atoms with E-state index in [1.807, 2.05) is 54.5 Å². The standard InChI is InChI=1S/C21H21N5O3/c1-24-18-7-5-4-6-16(18)20(27)25(2)19(24)17-13-26(23-22-17)12-14-8-10-15(11-9-14)21(28)29-3/h4-11,13,19H,12H2,1-3H3/t19-/m0/s1. The van der Waals surface area contributed by atoms with E-state index in [9.17, 15) is 9.59 Å². The van der Waals surface area contributed by atoms with Gasteiger partial charge in [-0.1, -0.05) is 29.5 Å². The first kappa shape index (κ1) is 18.7. The van der Waals surface area contributed by atoms with E-state index < -0.39 is 0 Å². The van der Waals surface area contributed by atoms with Gasteiger partial charge in [0.05, 0.1) is 36.7 Å². The number of anilines is 1. The maximum Gasteiger partial charge on any atom is 0.337 e. The van der Waals surface area contributed by atoms with Gasteiger partial charge in [-0.05, 0) is 29.8 Å². The van der Waals surface area contributed by atoms with Crippen LogP contribution in [0.1, 0.15) is 38.1 Å². The summed E-state index contributed by atoms with van der Waals surface area (Å²) in [7, 11) is 5.07. The molecule has 0 saturated carbocycles. The second kappa shape index (κ2) is 7.38. The minimum Gasteiger partial charge on any atom is -0.465 e. The fourth-order valence-electron chi connectivity index (χ4n) is 3.61. The molecule has 1 aromatic heterocycles. The Kier molecular flexibility index (Phi) is 4.75. The Morgan fingerprint density at radius 1 is 1.07 bits per heavy atom. The minimum atomic E-state index is -0.368. The number of carbonyl (C=O) groups excluding carboxylic acids is 2. The largest absolute Gasteiger partial charge is 0.465 e. The summed E-state index contributed by atoms with van der Waals surface area (Å²) < 4.78 is 6.43. The van der Waals surface area contributed by atoms with Crippen LogP contribution in [0, 0.1) is 0 Å². The average Bonchev–Trinajstić information content (AvgIpc) is 3.20. The van der Waals surface area contributed by atoms with Crippen LogP contribution in [0.2, 0.25) is 0 Å². The number of methoxy groups -OCH3 is 1. The minimum absolute atomic E-state index is 0.0448. The SMILES string of the molecule is COC(=O)c1ccc(Cn2cc([C@@H]3N(C)C(=O)c4ccccc4N3C)nn2)cc1. The molecule has 0 spiro atoms. The zero-order valence-corrected chi connectivity index (χ0v) is 16.4. The number of benzene rings is 2. The highest BCUT2D eigenvalue weighted by Gasteiger charge is 2.35. The molecule has 4 rings (SSSR count). The molecular formula is C21H21N5O3. The van der Waals surface area contributed by atoms with Gasteiger partial charge in [0.1, 0.15) is 5.69 Å². The van der Waals surface area contributed by atoms with E-state index in [-0.39, 0.29) is 18.0 Å². The molecule has 0 saturated heterocycles. The molecule has 3 aromatic rings. The second-order valence-electron chi connectivity index (χ2n) is 6.95. The van der Waals surface area contributed by atoms with Gasteiger partial charge in [-0.15, -0.1) is 5.10 Å². The van der Waals surface area contributed by atoms with Gasteiger partial charge in [-0.2, -0.15) is 0 Å². The van der Waals surface area contributed by atoms with Gasteiger partial charge in [-0.25, -0.2) is 9.48 Å². The first-order valence-corrected chi connectivity index (χ1v) is 9.16. The van der Waals surface area contributed by atoms with Gasteiger partial charge in [0.15, 0.2) is 6.17 Å². The molecule has 8 heteroatoms. The van der Waals surface area contributed by atoms with E-state index in [1.54, 1.807) is 28.8 Å². The van der Waals surface area contributed by atoms with Crippen molar-refractivity contribution in [2.24, 2.45) is 0 Å². The summed E-state index contributed by atoms with van der Waals surface area (Å²) in [5.74, 6) is -0.412. The number of rotatable bonds is 4. The van der Waals surface area contributed by atoms with Crippen LogP contribution in [-0.2, 0) is 11.3 Å². The Morgan fingerprint density at radius 2 is 1.79 bits per heavy atom. The summed E-state index contributed by atoms with van der Waals surface area (Å²) in [6.07, 6.45) is 1.50. The van der Waals surface area contributed by atoms with E-state index in [0.29, 0.717) is 23.4 Å². The number of nitrogens with zero attached hydrogens (tertiary/aromatic N) is 5. The van der Waals surface area contributed by atoms with Crippen LogP contribution in [0.3, 0.4) is 0 Å². The van der Waals surface area contributed by atoms with Crippen molar-refractivity contribution in [2.75, 3.05) is 26.1 Å². The molecule has 0 N–H and O–H groups in total. The molecule has 2 heterocycles. The predicted octanol–water partition coefficient (Wildman–Crippen LogP) is 2.33. The van der Waals surface area contributed by atoms with Gasteiger partial charge in [-0.3, -0.25) is 4.79 Å². The highest BCUT2D eigenvalue weighted by Crippen LogP contribution is 2.35. The lowest BCUT2D eigenvalue weighted by atomic mass is 10.1. The van der Waals surface area contributed by atoms with Crippen LogP contribution in [0.25, 0.3) is 0 Å². The smallest absolute Gasteiger partial charge is 0.337 e. The number of para-hydroxylation sites is 1. The molecule has 1 atom stereocenters. The Hall–Kier alpha value is -3.68. The number of carbonyl (C=O) groups is 2. The van der Waals surface area contributed by atoms with Crippen molar-refractivity contribution >= 4 is 17.6 Å². The number of esters is 1. The van der Waals surface area contributed by atoms with Crippen molar-refractivity contribution in [2.45, 2.75) is 12.7 Å². The van der Waals surface area contributed by atoms with E-state index in [2.05, 4.69) is 10.3 Å². The molecule has 0 fully saturated rings. The highest BCUT2D eigenvalue weighted by molar-refractivity contribution is 6.01. The van der Waals surface area contributed by atoms with Crippen LogP contribution in [0.15, 0.2) is 54.7 Å². The van der Waals surface area contributed by atoms with E-state index in [1.165, 1.54) is 7.11 Å². The third kappa shape index (κ3) is 3.33. The number of ether oxygens (including phenoxy) is 1. The molecule has 8 nitrogen and oxygen atoms in total. The molecule has 0 bridgehead atoms. The lowest BCUT2D eigenvalue weighted by molar-refractivity contribution is 0.0600. The van der Waals surface area contributed by atoms with E-state index in [0.717, 1.165) is 11.3 Å². The van der Waals surface area contributed by atoms with Crippen LogP contribution >= 0.6 is 0 Å². The summed E-state index contributed by atoms with van der Waals surface area (Å²) in [6, 6.07) is 14.7. The van der Waals surface area contributed by atoms with Gasteiger partial charge in [0.2, 0.25) is 0 Å². The van der Waals surface area contributed by atoms with Crippen LogP contribution < -0.4 is 4.90 Å². The number of aromatic nitrogens is 3. The molecule has 29 heavy (non-hydrogen) atoms. The third-order valence-electron chi connectivity index (χ3n) is 5.11. The summed E-state index contributed by atoms with van der Waals surface area (Å²) >= 11 is 0. The Bertz CT molecular complexity index is 1060. The lowest BCUT2D eigenvalue weighted by Crippen LogP contribution is -2.45. The third-order valence-corrected chi connectivity index (χ3v) is 5.11. The Labute approximate surface area is 168 Å². The van der Waals surface area contributed by atoms with E-state index >= 15 is 0 Å². The molecule has 1 aliphatic heterocycles. The molecule has 0 unspecified atom stereocenters. The van der Waals surface area contributed by atoms with Crippen LogP contribution in [0.5, 0.6) is 0 Å². The Morgan fingerprint density at radius 3 is 2.52 bits per heavy atom. The first-order chi connectivity index (χ1) is 14.0. The zero-order valence-electron chi connectivity index (χ0n) is 16.4. The quantitative estimate of drug-likeness (QED) is 0.635. The molecule has 1 amide bonds. The molecule has 1 aliphatic rings. The average molecular weight is 391 g/mol. The molecular weight excluding hydrogens is 370 g/mol. The number of amides is 1. The summed E-state index contributed by atoms with van der Waals surface area (Å²) in [5.41, 5.74) is 3.70.